The second-order valence-electron chi connectivity index (χ2n) is 9.61. The van der Waals surface area contributed by atoms with Crippen molar-refractivity contribution >= 4 is 44.4 Å². The molecule has 1 spiro atoms. The highest BCUT2D eigenvalue weighted by atomic mass is 32.3. The van der Waals surface area contributed by atoms with Crippen LogP contribution in [-0.4, -0.2) is 55.9 Å². The Morgan fingerprint density at radius 2 is 1.87 bits per heavy atom. The molecule has 1 unspecified atom stereocenters. The van der Waals surface area contributed by atoms with Crippen molar-refractivity contribution in [3.8, 4) is 0 Å². The number of fused-ring (bicyclic) bond motifs is 3. The standard InChI is InChI=1S/C23H26N6OS/c1-14-10-18-19(25-8-7-24-18)11-17(14)27-22-26-12-16-20(28-22)29(21(30)23(16)5-6-23)15-4-9-31(2,3)13-15/h7-8,10-12,15H,4-6,9,13H2,1-3H3,(H,26,27,28). The van der Waals surface area contributed by atoms with Crippen LogP contribution in [0.5, 0.6) is 0 Å². The molecule has 1 N–H and O–H groups in total. The summed E-state index contributed by atoms with van der Waals surface area (Å²) in [7, 11) is -0.627. The van der Waals surface area contributed by atoms with Gasteiger partial charge in [0.1, 0.15) is 5.82 Å². The molecule has 2 fully saturated rings. The molecule has 0 bridgehead atoms. The Balaban J connectivity index is 1.38. The molecule has 1 saturated carbocycles. The van der Waals surface area contributed by atoms with Gasteiger partial charge in [-0.15, -0.1) is 0 Å². The predicted octanol–water partition coefficient (Wildman–Crippen LogP) is 3.69. The highest BCUT2D eigenvalue weighted by Gasteiger charge is 2.61. The van der Waals surface area contributed by atoms with Crippen molar-refractivity contribution in [2.75, 3.05) is 34.2 Å². The average molecular weight is 435 g/mol. The average Bonchev–Trinajstić information content (AvgIpc) is 3.41. The zero-order chi connectivity index (χ0) is 21.4. The SMILES string of the molecule is Cc1cc2nccnc2cc1Nc1ncc2c(n1)N(C1CCS(C)(C)C1)C(=O)C21CC1. The Kier molecular flexibility index (Phi) is 3.91. The van der Waals surface area contributed by atoms with E-state index in [2.05, 4.69) is 32.8 Å². The fourth-order valence-corrected chi connectivity index (χ4v) is 7.49. The number of benzene rings is 1. The third-order valence-corrected chi connectivity index (χ3v) is 9.59. The maximum atomic E-state index is 13.4. The third kappa shape index (κ3) is 2.91. The van der Waals surface area contributed by atoms with Crippen molar-refractivity contribution < 1.29 is 4.79 Å². The highest BCUT2D eigenvalue weighted by Crippen LogP contribution is 2.59. The van der Waals surface area contributed by atoms with Gasteiger partial charge in [-0.3, -0.25) is 19.7 Å². The zero-order valence-electron chi connectivity index (χ0n) is 18.1. The number of aryl methyl sites for hydroxylation is 1. The van der Waals surface area contributed by atoms with Crippen molar-refractivity contribution in [2.45, 2.75) is 37.6 Å². The third-order valence-electron chi connectivity index (χ3n) is 6.96. The molecule has 6 rings (SSSR count). The molecule has 2 aromatic heterocycles. The Morgan fingerprint density at radius 3 is 2.55 bits per heavy atom. The molecule has 8 heteroatoms. The number of carbonyl (C=O) groups excluding carboxylic acids is 1. The van der Waals surface area contributed by atoms with E-state index in [0.717, 1.165) is 58.7 Å². The van der Waals surface area contributed by atoms with Crippen LogP contribution in [0.25, 0.3) is 11.0 Å². The van der Waals surface area contributed by atoms with Crippen molar-refractivity contribution in [1.82, 2.24) is 19.9 Å². The number of nitrogens with zero attached hydrogens (tertiary/aromatic N) is 5. The van der Waals surface area contributed by atoms with Crippen molar-refractivity contribution in [2.24, 2.45) is 0 Å². The molecule has 7 nitrogen and oxygen atoms in total. The van der Waals surface area contributed by atoms with Crippen molar-refractivity contribution in [3.63, 3.8) is 0 Å². The van der Waals surface area contributed by atoms with Crippen LogP contribution in [0.4, 0.5) is 17.5 Å². The lowest BCUT2D eigenvalue weighted by Gasteiger charge is -2.28. The topological polar surface area (TPSA) is 83.9 Å². The molecule has 4 heterocycles. The largest absolute Gasteiger partial charge is 0.324 e. The molecule has 31 heavy (non-hydrogen) atoms. The summed E-state index contributed by atoms with van der Waals surface area (Å²) in [5.41, 5.74) is 4.29. The molecule has 1 amide bonds. The molecule has 3 aliphatic rings. The number of rotatable bonds is 3. The normalized spacial score (nSPS) is 23.9. The first kappa shape index (κ1) is 19.0. The minimum atomic E-state index is -0.627. The number of hydrogen-bond donors (Lipinski definition) is 1. The maximum Gasteiger partial charge on any atom is 0.239 e. The van der Waals surface area contributed by atoms with Crippen LogP contribution >= 0.6 is 10.0 Å². The van der Waals surface area contributed by atoms with Crippen LogP contribution in [0, 0.1) is 6.92 Å². The predicted molar refractivity (Wildman–Crippen MR) is 126 cm³/mol. The van der Waals surface area contributed by atoms with Crippen LogP contribution in [-0.2, 0) is 10.2 Å². The lowest BCUT2D eigenvalue weighted by atomic mass is 10.0. The monoisotopic (exact) mass is 434 g/mol. The fraction of sp³-hybridized carbons (Fsp3) is 0.435. The van der Waals surface area contributed by atoms with E-state index in [9.17, 15) is 4.79 Å². The van der Waals surface area contributed by atoms with Gasteiger partial charge in [0.2, 0.25) is 11.9 Å². The Hall–Kier alpha value is -2.74. The van der Waals surface area contributed by atoms with E-state index < -0.39 is 10.0 Å². The maximum absolute atomic E-state index is 13.4. The molecular formula is C23H26N6OS. The van der Waals surface area contributed by atoms with E-state index in [-0.39, 0.29) is 17.4 Å². The van der Waals surface area contributed by atoms with Gasteiger partial charge < -0.3 is 5.32 Å². The number of anilines is 3. The first-order valence-electron chi connectivity index (χ1n) is 10.7. The van der Waals surface area contributed by atoms with E-state index in [1.807, 2.05) is 30.2 Å². The van der Waals surface area contributed by atoms with E-state index in [1.165, 1.54) is 5.75 Å². The van der Waals surface area contributed by atoms with Gasteiger partial charge in [0.15, 0.2) is 0 Å². The number of amides is 1. The van der Waals surface area contributed by atoms with Gasteiger partial charge in [-0.05, 0) is 67.9 Å². The summed E-state index contributed by atoms with van der Waals surface area (Å²) in [5, 5.41) is 3.36. The van der Waals surface area contributed by atoms with Gasteiger partial charge in [-0.2, -0.15) is 4.98 Å². The first-order valence-corrected chi connectivity index (χ1v) is 13.5. The Morgan fingerprint density at radius 1 is 1.13 bits per heavy atom. The van der Waals surface area contributed by atoms with Gasteiger partial charge in [0, 0.05) is 35.9 Å². The molecule has 1 atom stereocenters. The quantitative estimate of drug-likeness (QED) is 0.677. The second kappa shape index (κ2) is 6.38. The van der Waals surface area contributed by atoms with Gasteiger partial charge >= 0.3 is 0 Å². The Labute approximate surface area is 183 Å². The molecule has 3 aromatic rings. The molecule has 160 valence electrons. The highest BCUT2D eigenvalue weighted by molar-refractivity contribution is 8.32. The van der Waals surface area contributed by atoms with E-state index in [0.29, 0.717) is 5.95 Å². The summed E-state index contributed by atoms with van der Waals surface area (Å²) in [5.74, 6) is 3.90. The number of nitrogens with one attached hydrogen (secondary N) is 1. The van der Waals surface area contributed by atoms with E-state index in [1.54, 1.807) is 12.4 Å². The molecular weight excluding hydrogens is 408 g/mol. The van der Waals surface area contributed by atoms with Gasteiger partial charge in [0.05, 0.1) is 16.4 Å². The van der Waals surface area contributed by atoms with Crippen molar-refractivity contribution in [3.05, 3.63) is 41.9 Å². The smallest absolute Gasteiger partial charge is 0.239 e. The van der Waals surface area contributed by atoms with Gasteiger partial charge in [0.25, 0.3) is 0 Å². The summed E-state index contributed by atoms with van der Waals surface area (Å²) in [6.45, 7) is 2.03. The summed E-state index contributed by atoms with van der Waals surface area (Å²) in [6, 6.07) is 4.25. The van der Waals surface area contributed by atoms with Gasteiger partial charge in [-0.1, -0.05) is 0 Å². The zero-order valence-corrected chi connectivity index (χ0v) is 18.9. The summed E-state index contributed by atoms with van der Waals surface area (Å²) >= 11 is 0. The summed E-state index contributed by atoms with van der Waals surface area (Å²) in [6.07, 6.45) is 12.9. The van der Waals surface area contributed by atoms with Crippen LogP contribution in [0.2, 0.25) is 0 Å². The van der Waals surface area contributed by atoms with Gasteiger partial charge in [-0.25, -0.2) is 15.0 Å². The van der Waals surface area contributed by atoms with Crippen molar-refractivity contribution in [1.29, 1.82) is 0 Å². The molecule has 1 aromatic carbocycles. The molecule has 1 saturated heterocycles. The van der Waals surface area contributed by atoms with Crippen LogP contribution in [0.15, 0.2) is 30.7 Å². The first-order chi connectivity index (χ1) is 14.9. The molecule has 0 radical (unpaired) electrons. The van der Waals surface area contributed by atoms with Crippen LogP contribution < -0.4 is 10.2 Å². The number of aromatic nitrogens is 4. The minimum absolute atomic E-state index is 0.244. The molecule has 1 aliphatic carbocycles. The summed E-state index contributed by atoms with van der Waals surface area (Å²) in [4.78, 5) is 33.7. The lowest BCUT2D eigenvalue weighted by molar-refractivity contribution is -0.120. The minimum Gasteiger partial charge on any atom is -0.324 e. The van der Waals surface area contributed by atoms with E-state index >= 15 is 0 Å². The summed E-state index contributed by atoms with van der Waals surface area (Å²) < 4.78 is 0. The Bertz CT molecular complexity index is 1240. The number of hydrogen-bond acceptors (Lipinski definition) is 6. The van der Waals surface area contributed by atoms with Crippen LogP contribution in [0.1, 0.15) is 30.4 Å². The second-order valence-corrected chi connectivity index (χ2v) is 13.9. The molecule has 2 aliphatic heterocycles. The van der Waals surface area contributed by atoms with Crippen LogP contribution in [0.3, 0.4) is 0 Å². The van der Waals surface area contributed by atoms with E-state index in [4.69, 9.17) is 4.98 Å². The number of carbonyl (C=O) groups is 1. The lowest BCUT2D eigenvalue weighted by Crippen LogP contribution is -2.41. The fourth-order valence-electron chi connectivity index (χ4n) is 5.06.